The molecule has 0 saturated heterocycles. The van der Waals surface area contributed by atoms with Crippen LogP contribution >= 0.6 is 0 Å². The summed E-state index contributed by atoms with van der Waals surface area (Å²) in [6.45, 7) is 5.75. The van der Waals surface area contributed by atoms with E-state index in [1.807, 2.05) is 19.9 Å². The van der Waals surface area contributed by atoms with E-state index in [4.69, 9.17) is 0 Å². The van der Waals surface area contributed by atoms with Gasteiger partial charge in [-0.25, -0.2) is 0 Å². The minimum atomic E-state index is -0.658. The Bertz CT molecular complexity index is 477. The molecule has 1 heterocycles. The highest BCUT2D eigenvalue weighted by Crippen LogP contribution is 2.21. The molecule has 80 valence electrons. The quantitative estimate of drug-likeness (QED) is 0.773. The molecule has 0 aliphatic heterocycles. The normalized spacial score (nSPS) is 12.3. The molecule has 2 aromatic rings. The maximum atomic E-state index is 9.75. The Labute approximate surface area is 89.9 Å². The topological polar surface area (TPSA) is 36.0 Å². The Hall–Kier alpha value is -1.28. The second-order valence-corrected chi connectivity index (χ2v) is 4.82. The summed E-state index contributed by atoms with van der Waals surface area (Å²) in [6, 6.07) is 8.34. The molecule has 0 atom stereocenters. The van der Waals surface area contributed by atoms with Crippen molar-refractivity contribution < 1.29 is 5.11 Å². The number of fused-ring (bicyclic) bond motifs is 1. The standard InChI is InChI=1S/C13H17NO/c1-9-5-4-6-12-11(9)7-10(14-12)8-13(2,3)15/h4-7,14-15H,8H2,1-3H3. The minimum absolute atomic E-state index is 0.654. The van der Waals surface area contributed by atoms with E-state index in [9.17, 15) is 5.11 Å². The number of aromatic nitrogens is 1. The van der Waals surface area contributed by atoms with E-state index in [0.29, 0.717) is 6.42 Å². The molecule has 2 heteroatoms. The molecule has 1 aromatic heterocycles. The van der Waals surface area contributed by atoms with Crippen LogP contribution in [-0.4, -0.2) is 15.7 Å². The van der Waals surface area contributed by atoms with Gasteiger partial charge in [-0.05, 0) is 38.5 Å². The zero-order chi connectivity index (χ0) is 11.1. The van der Waals surface area contributed by atoms with Gasteiger partial charge < -0.3 is 10.1 Å². The molecule has 0 aliphatic rings. The summed E-state index contributed by atoms with van der Waals surface area (Å²) in [5.74, 6) is 0. The minimum Gasteiger partial charge on any atom is -0.390 e. The lowest BCUT2D eigenvalue weighted by atomic mass is 10.0. The van der Waals surface area contributed by atoms with Crippen LogP contribution in [0.15, 0.2) is 24.3 Å². The third kappa shape index (κ3) is 2.21. The van der Waals surface area contributed by atoms with E-state index in [-0.39, 0.29) is 0 Å². The predicted octanol–water partition coefficient (Wildman–Crippen LogP) is 2.79. The molecular formula is C13H17NO. The lowest BCUT2D eigenvalue weighted by Gasteiger charge is -2.15. The Morgan fingerprint density at radius 3 is 2.67 bits per heavy atom. The van der Waals surface area contributed by atoms with Crippen LogP contribution < -0.4 is 0 Å². The first-order valence-electron chi connectivity index (χ1n) is 5.25. The number of hydrogen-bond acceptors (Lipinski definition) is 1. The SMILES string of the molecule is Cc1cccc2[nH]c(CC(C)(C)O)cc12. The smallest absolute Gasteiger partial charge is 0.0646 e. The van der Waals surface area contributed by atoms with Gasteiger partial charge in [-0.1, -0.05) is 12.1 Å². The molecular weight excluding hydrogens is 186 g/mol. The molecule has 0 amide bonds. The first-order chi connectivity index (χ1) is 6.96. The first kappa shape index (κ1) is 10.2. The van der Waals surface area contributed by atoms with E-state index >= 15 is 0 Å². The highest BCUT2D eigenvalue weighted by Gasteiger charge is 2.15. The molecule has 1 aromatic carbocycles. The fourth-order valence-electron chi connectivity index (χ4n) is 1.93. The van der Waals surface area contributed by atoms with Gasteiger partial charge in [0.1, 0.15) is 0 Å². The Kier molecular flexibility index (Phi) is 2.31. The van der Waals surface area contributed by atoms with Crippen molar-refractivity contribution in [3.05, 3.63) is 35.5 Å². The van der Waals surface area contributed by atoms with Crippen molar-refractivity contribution in [3.63, 3.8) is 0 Å². The van der Waals surface area contributed by atoms with E-state index < -0.39 is 5.60 Å². The summed E-state index contributed by atoms with van der Waals surface area (Å²) in [6.07, 6.45) is 0.654. The van der Waals surface area contributed by atoms with Gasteiger partial charge in [-0.15, -0.1) is 0 Å². The van der Waals surface area contributed by atoms with Gasteiger partial charge in [0.15, 0.2) is 0 Å². The summed E-state index contributed by atoms with van der Waals surface area (Å²) in [4.78, 5) is 3.33. The van der Waals surface area contributed by atoms with Gasteiger partial charge in [0.2, 0.25) is 0 Å². The van der Waals surface area contributed by atoms with Crippen LogP contribution in [0.1, 0.15) is 25.1 Å². The molecule has 2 nitrogen and oxygen atoms in total. The van der Waals surface area contributed by atoms with Gasteiger partial charge in [-0.2, -0.15) is 0 Å². The number of aromatic amines is 1. The molecule has 0 unspecified atom stereocenters. The average molecular weight is 203 g/mol. The van der Waals surface area contributed by atoms with Crippen molar-refractivity contribution in [3.8, 4) is 0 Å². The number of aliphatic hydroxyl groups is 1. The van der Waals surface area contributed by atoms with Crippen LogP contribution in [0, 0.1) is 6.92 Å². The van der Waals surface area contributed by atoms with Crippen molar-refractivity contribution in [1.82, 2.24) is 4.98 Å². The number of aryl methyl sites for hydroxylation is 1. The van der Waals surface area contributed by atoms with Gasteiger partial charge in [-0.3, -0.25) is 0 Å². The van der Waals surface area contributed by atoms with Crippen molar-refractivity contribution >= 4 is 10.9 Å². The van der Waals surface area contributed by atoms with Gasteiger partial charge in [0.05, 0.1) is 5.60 Å². The molecule has 0 fully saturated rings. The third-order valence-corrected chi connectivity index (χ3v) is 2.56. The number of H-pyrrole nitrogens is 1. The Morgan fingerprint density at radius 1 is 1.33 bits per heavy atom. The average Bonchev–Trinajstić information content (AvgIpc) is 2.45. The number of nitrogens with one attached hydrogen (secondary N) is 1. The lowest BCUT2D eigenvalue weighted by Crippen LogP contribution is -2.21. The number of hydrogen-bond donors (Lipinski definition) is 2. The summed E-state index contributed by atoms with van der Waals surface area (Å²) in [5.41, 5.74) is 2.85. The first-order valence-corrected chi connectivity index (χ1v) is 5.25. The highest BCUT2D eigenvalue weighted by atomic mass is 16.3. The van der Waals surface area contributed by atoms with E-state index in [2.05, 4.69) is 30.1 Å². The lowest BCUT2D eigenvalue weighted by molar-refractivity contribution is 0.0801. The summed E-state index contributed by atoms with van der Waals surface area (Å²) >= 11 is 0. The Balaban J connectivity index is 2.44. The molecule has 0 bridgehead atoms. The molecule has 0 saturated carbocycles. The van der Waals surface area contributed by atoms with E-state index in [1.54, 1.807) is 0 Å². The van der Waals surface area contributed by atoms with Crippen LogP contribution in [0.5, 0.6) is 0 Å². The molecule has 15 heavy (non-hydrogen) atoms. The zero-order valence-electron chi connectivity index (χ0n) is 9.46. The molecule has 2 rings (SSSR count). The summed E-state index contributed by atoms with van der Waals surface area (Å²) < 4.78 is 0. The number of benzene rings is 1. The monoisotopic (exact) mass is 203 g/mol. The fourth-order valence-corrected chi connectivity index (χ4v) is 1.93. The van der Waals surface area contributed by atoms with Crippen molar-refractivity contribution in [2.75, 3.05) is 0 Å². The summed E-state index contributed by atoms with van der Waals surface area (Å²) in [7, 11) is 0. The van der Waals surface area contributed by atoms with Crippen LogP contribution in [0.2, 0.25) is 0 Å². The molecule has 0 spiro atoms. The van der Waals surface area contributed by atoms with E-state index in [0.717, 1.165) is 11.2 Å². The maximum absolute atomic E-state index is 9.75. The summed E-state index contributed by atoms with van der Waals surface area (Å²) in [5, 5.41) is 11.0. The molecule has 2 N–H and O–H groups in total. The van der Waals surface area contributed by atoms with Gasteiger partial charge >= 0.3 is 0 Å². The largest absolute Gasteiger partial charge is 0.390 e. The van der Waals surface area contributed by atoms with Crippen LogP contribution in [0.4, 0.5) is 0 Å². The fraction of sp³-hybridized carbons (Fsp3) is 0.385. The molecule has 0 aliphatic carbocycles. The van der Waals surface area contributed by atoms with Crippen molar-refractivity contribution in [2.24, 2.45) is 0 Å². The van der Waals surface area contributed by atoms with Crippen molar-refractivity contribution in [2.45, 2.75) is 32.8 Å². The van der Waals surface area contributed by atoms with Gasteiger partial charge in [0.25, 0.3) is 0 Å². The van der Waals surface area contributed by atoms with Gasteiger partial charge in [0, 0.05) is 23.0 Å². The second-order valence-electron chi connectivity index (χ2n) is 4.82. The van der Waals surface area contributed by atoms with E-state index in [1.165, 1.54) is 10.9 Å². The second kappa shape index (κ2) is 3.38. The number of rotatable bonds is 2. The van der Waals surface area contributed by atoms with Crippen LogP contribution in [-0.2, 0) is 6.42 Å². The predicted molar refractivity (Wildman–Crippen MR) is 63.0 cm³/mol. The van der Waals surface area contributed by atoms with Crippen molar-refractivity contribution in [1.29, 1.82) is 0 Å². The van der Waals surface area contributed by atoms with Crippen LogP contribution in [0.25, 0.3) is 10.9 Å². The Morgan fingerprint density at radius 2 is 2.07 bits per heavy atom. The highest BCUT2D eigenvalue weighted by molar-refractivity contribution is 5.83. The zero-order valence-corrected chi connectivity index (χ0v) is 9.46. The van der Waals surface area contributed by atoms with Crippen LogP contribution in [0.3, 0.4) is 0 Å². The third-order valence-electron chi connectivity index (χ3n) is 2.56. The molecule has 0 radical (unpaired) electrons. The maximum Gasteiger partial charge on any atom is 0.0646 e.